The van der Waals surface area contributed by atoms with Gasteiger partial charge < -0.3 is 9.84 Å². The standard InChI is InChI=1S/C14H19NO5S/c1-3-11-4-5-12(14(16)17)8-13(11)21(18,19)15-6-7-20-9-10(15)2/h4-5,8,10H,3,6-7,9H2,1-2H3,(H,16,17). The number of aromatic carboxylic acids is 1. The molecule has 1 saturated heterocycles. The summed E-state index contributed by atoms with van der Waals surface area (Å²) in [5, 5.41) is 9.07. The van der Waals surface area contributed by atoms with E-state index in [9.17, 15) is 13.2 Å². The van der Waals surface area contributed by atoms with Gasteiger partial charge in [0.05, 0.1) is 23.7 Å². The lowest BCUT2D eigenvalue weighted by Gasteiger charge is -2.32. The van der Waals surface area contributed by atoms with Crippen molar-refractivity contribution in [2.45, 2.75) is 31.2 Å². The van der Waals surface area contributed by atoms with Crippen LogP contribution in [0.5, 0.6) is 0 Å². The third kappa shape index (κ3) is 3.09. The van der Waals surface area contributed by atoms with E-state index in [1.54, 1.807) is 13.0 Å². The van der Waals surface area contributed by atoms with Gasteiger partial charge in [-0.15, -0.1) is 0 Å². The number of ether oxygens (including phenoxy) is 1. The zero-order chi connectivity index (χ0) is 15.6. The van der Waals surface area contributed by atoms with E-state index in [-0.39, 0.29) is 23.0 Å². The Labute approximate surface area is 124 Å². The fourth-order valence-electron chi connectivity index (χ4n) is 2.42. The molecule has 1 aromatic carbocycles. The van der Waals surface area contributed by atoms with Crippen LogP contribution in [0.1, 0.15) is 29.8 Å². The van der Waals surface area contributed by atoms with Crippen molar-refractivity contribution in [3.63, 3.8) is 0 Å². The summed E-state index contributed by atoms with van der Waals surface area (Å²) in [5.41, 5.74) is 0.602. The van der Waals surface area contributed by atoms with Crippen molar-refractivity contribution in [2.75, 3.05) is 19.8 Å². The van der Waals surface area contributed by atoms with Gasteiger partial charge in [0.2, 0.25) is 10.0 Å². The SMILES string of the molecule is CCc1ccc(C(=O)O)cc1S(=O)(=O)N1CCOCC1C. The minimum atomic E-state index is -3.72. The number of hydrogen-bond acceptors (Lipinski definition) is 4. The largest absolute Gasteiger partial charge is 0.478 e. The Hall–Kier alpha value is -1.44. The first-order chi connectivity index (χ1) is 9.87. The van der Waals surface area contributed by atoms with Crippen LogP contribution in [0.2, 0.25) is 0 Å². The van der Waals surface area contributed by atoms with Crippen molar-refractivity contribution in [3.05, 3.63) is 29.3 Å². The number of rotatable bonds is 4. The fourth-order valence-corrected chi connectivity index (χ4v) is 4.34. The molecular weight excluding hydrogens is 294 g/mol. The lowest BCUT2D eigenvalue weighted by molar-refractivity contribution is 0.0392. The molecule has 0 amide bonds. The zero-order valence-corrected chi connectivity index (χ0v) is 12.9. The molecule has 1 heterocycles. The molecule has 0 saturated carbocycles. The molecule has 21 heavy (non-hydrogen) atoms. The summed E-state index contributed by atoms with van der Waals surface area (Å²) in [4.78, 5) is 11.2. The van der Waals surface area contributed by atoms with E-state index in [2.05, 4.69) is 0 Å². The van der Waals surface area contributed by atoms with Gasteiger partial charge in [0, 0.05) is 12.6 Å². The van der Waals surface area contributed by atoms with Crippen molar-refractivity contribution in [3.8, 4) is 0 Å². The van der Waals surface area contributed by atoms with Crippen LogP contribution < -0.4 is 0 Å². The van der Waals surface area contributed by atoms with Gasteiger partial charge in [0.25, 0.3) is 0 Å². The second-order valence-corrected chi connectivity index (χ2v) is 6.88. The van der Waals surface area contributed by atoms with Crippen molar-refractivity contribution in [1.29, 1.82) is 0 Å². The quantitative estimate of drug-likeness (QED) is 0.907. The maximum atomic E-state index is 12.8. The molecule has 1 aliphatic heterocycles. The van der Waals surface area contributed by atoms with Crippen LogP contribution in [0.15, 0.2) is 23.1 Å². The van der Waals surface area contributed by atoms with Crippen LogP contribution >= 0.6 is 0 Å². The Bertz CT molecular complexity index is 641. The molecule has 0 spiro atoms. The first-order valence-corrected chi connectivity index (χ1v) is 8.27. The van der Waals surface area contributed by atoms with Gasteiger partial charge >= 0.3 is 5.97 Å². The molecule has 116 valence electrons. The summed E-state index contributed by atoms with van der Waals surface area (Å²) in [5.74, 6) is -1.14. The molecule has 1 aromatic rings. The summed E-state index contributed by atoms with van der Waals surface area (Å²) in [7, 11) is -3.72. The van der Waals surface area contributed by atoms with Crippen LogP contribution in [-0.4, -0.2) is 49.6 Å². The van der Waals surface area contributed by atoms with Gasteiger partial charge in [-0.25, -0.2) is 13.2 Å². The lowest BCUT2D eigenvalue weighted by atomic mass is 10.1. The van der Waals surface area contributed by atoms with Crippen molar-refractivity contribution in [2.24, 2.45) is 0 Å². The molecule has 1 aliphatic rings. The average molecular weight is 313 g/mol. The zero-order valence-electron chi connectivity index (χ0n) is 12.1. The fraction of sp³-hybridized carbons (Fsp3) is 0.500. The molecular formula is C14H19NO5S. The van der Waals surface area contributed by atoms with E-state index in [0.717, 1.165) is 0 Å². The number of nitrogens with zero attached hydrogens (tertiary/aromatic N) is 1. The maximum absolute atomic E-state index is 12.8. The number of carboxylic acids is 1. The third-order valence-corrected chi connectivity index (χ3v) is 5.68. The Balaban J connectivity index is 2.52. The van der Waals surface area contributed by atoms with E-state index in [1.807, 2.05) is 6.92 Å². The molecule has 7 heteroatoms. The minimum Gasteiger partial charge on any atom is -0.478 e. The van der Waals surface area contributed by atoms with E-state index < -0.39 is 16.0 Å². The number of hydrogen-bond donors (Lipinski definition) is 1. The Morgan fingerprint density at radius 3 is 2.76 bits per heavy atom. The van der Waals surface area contributed by atoms with Crippen molar-refractivity contribution in [1.82, 2.24) is 4.31 Å². The van der Waals surface area contributed by atoms with Crippen molar-refractivity contribution >= 4 is 16.0 Å². The number of benzene rings is 1. The van der Waals surface area contributed by atoms with Crippen LogP contribution in [0, 0.1) is 0 Å². The third-order valence-electron chi connectivity index (χ3n) is 3.59. The number of carbonyl (C=O) groups is 1. The van der Waals surface area contributed by atoms with E-state index in [0.29, 0.717) is 25.2 Å². The highest BCUT2D eigenvalue weighted by Crippen LogP contribution is 2.25. The van der Waals surface area contributed by atoms with Crippen molar-refractivity contribution < 1.29 is 23.1 Å². The smallest absolute Gasteiger partial charge is 0.335 e. The topological polar surface area (TPSA) is 83.9 Å². The van der Waals surface area contributed by atoms with Gasteiger partial charge in [-0.2, -0.15) is 4.31 Å². The molecule has 1 atom stereocenters. The molecule has 0 aliphatic carbocycles. The molecule has 1 fully saturated rings. The predicted octanol–water partition coefficient (Wildman–Crippen LogP) is 1.36. The summed E-state index contributed by atoms with van der Waals surface area (Å²) in [6.07, 6.45) is 0.521. The normalized spacial score (nSPS) is 20.4. The lowest BCUT2D eigenvalue weighted by Crippen LogP contribution is -2.47. The highest BCUT2D eigenvalue weighted by molar-refractivity contribution is 7.89. The summed E-state index contributed by atoms with van der Waals surface area (Å²) in [6.45, 7) is 4.60. The number of aryl methyl sites for hydroxylation is 1. The average Bonchev–Trinajstić information content (AvgIpc) is 2.46. The van der Waals surface area contributed by atoms with Gasteiger partial charge in [-0.05, 0) is 31.0 Å². The Morgan fingerprint density at radius 2 is 2.19 bits per heavy atom. The van der Waals surface area contributed by atoms with E-state index in [1.165, 1.54) is 16.4 Å². The monoisotopic (exact) mass is 313 g/mol. The van der Waals surface area contributed by atoms with Gasteiger partial charge in [0.1, 0.15) is 0 Å². The number of carboxylic acid groups (broad SMARTS) is 1. The second-order valence-electron chi connectivity index (χ2n) is 5.02. The summed E-state index contributed by atoms with van der Waals surface area (Å²) >= 11 is 0. The van der Waals surface area contributed by atoms with Crippen LogP contribution in [0.25, 0.3) is 0 Å². The minimum absolute atomic E-state index is 0.0216. The van der Waals surface area contributed by atoms with Crippen LogP contribution in [-0.2, 0) is 21.2 Å². The van der Waals surface area contributed by atoms with Crippen LogP contribution in [0.4, 0.5) is 0 Å². The maximum Gasteiger partial charge on any atom is 0.335 e. The first-order valence-electron chi connectivity index (χ1n) is 6.83. The highest BCUT2D eigenvalue weighted by atomic mass is 32.2. The molecule has 6 nitrogen and oxygen atoms in total. The molecule has 2 rings (SSSR count). The molecule has 0 bridgehead atoms. The number of sulfonamides is 1. The van der Waals surface area contributed by atoms with Crippen LogP contribution in [0.3, 0.4) is 0 Å². The van der Waals surface area contributed by atoms with Gasteiger partial charge in [0.15, 0.2) is 0 Å². The molecule has 0 aromatic heterocycles. The van der Waals surface area contributed by atoms with E-state index in [4.69, 9.17) is 9.84 Å². The highest BCUT2D eigenvalue weighted by Gasteiger charge is 2.33. The van der Waals surface area contributed by atoms with Gasteiger partial charge in [-0.1, -0.05) is 13.0 Å². The molecule has 0 radical (unpaired) electrons. The number of morpholine rings is 1. The first kappa shape index (κ1) is 15.9. The van der Waals surface area contributed by atoms with Gasteiger partial charge in [-0.3, -0.25) is 0 Å². The summed E-state index contributed by atoms with van der Waals surface area (Å²) in [6, 6.07) is 3.99. The molecule has 1 unspecified atom stereocenters. The predicted molar refractivity (Wildman–Crippen MR) is 77.0 cm³/mol. The Kier molecular flexibility index (Phi) is 4.65. The Morgan fingerprint density at radius 1 is 1.48 bits per heavy atom. The second kappa shape index (κ2) is 6.13. The molecule has 1 N–H and O–H groups in total. The van der Waals surface area contributed by atoms with E-state index >= 15 is 0 Å². The summed E-state index contributed by atoms with van der Waals surface area (Å²) < 4.78 is 32.3.